The molecule has 0 radical (unpaired) electrons. The first-order valence-electron chi connectivity index (χ1n) is 9.70. The Bertz CT molecular complexity index is 602. The average molecular weight is 377 g/mol. The zero-order valence-electron chi connectivity index (χ0n) is 15.7. The largest absolute Gasteiger partial charge is 0.389 e. The van der Waals surface area contributed by atoms with Gasteiger partial charge in [0, 0.05) is 6.04 Å². The molecule has 0 aliphatic heterocycles. The van der Waals surface area contributed by atoms with Gasteiger partial charge in [-0.15, -0.1) is 0 Å². The summed E-state index contributed by atoms with van der Waals surface area (Å²) in [7, 11) is 0. The molecule has 6 nitrogen and oxygen atoms in total. The number of aliphatic hydroxyl groups excluding tert-OH is 3. The topological polar surface area (TPSA) is 121 Å². The van der Waals surface area contributed by atoms with Crippen LogP contribution >= 0.6 is 0 Å². The molecule has 0 amide bonds. The predicted molar refractivity (Wildman–Crippen MR) is 102 cm³/mol. The SMILES string of the molecule is N[C@@H](CC1CCCCC1)[C@@H](O)[C@H](O)[C@@](C=O)(Cc1ccccc1)C(=O)CO. The Morgan fingerprint density at radius 2 is 1.81 bits per heavy atom. The van der Waals surface area contributed by atoms with Crippen molar-refractivity contribution in [2.24, 2.45) is 17.1 Å². The third-order valence-electron chi connectivity index (χ3n) is 5.83. The number of ketones is 1. The zero-order valence-corrected chi connectivity index (χ0v) is 15.7. The van der Waals surface area contributed by atoms with Crippen molar-refractivity contribution in [3.8, 4) is 0 Å². The molecule has 0 unspecified atom stereocenters. The Kier molecular flexibility index (Phi) is 8.10. The molecule has 150 valence electrons. The lowest BCUT2D eigenvalue weighted by molar-refractivity contribution is -0.152. The van der Waals surface area contributed by atoms with Crippen molar-refractivity contribution in [1.82, 2.24) is 0 Å². The van der Waals surface area contributed by atoms with Gasteiger partial charge in [-0.2, -0.15) is 0 Å². The van der Waals surface area contributed by atoms with Gasteiger partial charge >= 0.3 is 0 Å². The van der Waals surface area contributed by atoms with Crippen LogP contribution in [-0.2, 0) is 16.0 Å². The van der Waals surface area contributed by atoms with E-state index in [2.05, 4.69) is 0 Å². The lowest BCUT2D eigenvalue weighted by atomic mass is 9.71. The average Bonchev–Trinajstić information content (AvgIpc) is 2.71. The maximum atomic E-state index is 12.4. The maximum absolute atomic E-state index is 12.4. The summed E-state index contributed by atoms with van der Waals surface area (Å²) < 4.78 is 0. The minimum Gasteiger partial charge on any atom is -0.389 e. The first kappa shape index (κ1) is 21.7. The summed E-state index contributed by atoms with van der Waals surface area (Å²) in [5.74, 6) is -0.443. The molecule has 0 spiro atoms. The van der Waals surface area contributed by atoms with Gasteiger partial charge in [0.25, 0.3) is 0 Å². The smallest absolute Gasteiger partial charge is 0.174 e. The summed E-state index contributed by atoms with van der Waals surface area (Å²) >= 11 is 0. The number of carbonyl (C=O) groups is 2. The lowest BCUT2D eigenvalue weighted by Crippen LogP contribution is -2.57. The molecule has 6 heteroatoms. The molecular weight excluding hydrogens is 346 g/mol. The summed E-state index contributed by atoms with van der Waals surface area (Å²) in [5, 5.41) is 30.8. The Morgan fingerprint density at radius 3 is 2.37 bits per heavy atom. The second-order valence-electron chi connectivity index (χ2n) is 7.74. The number of aldehydes is 1. The summed E-state index contributed by atoms with van der Waals surface area (Å²) in [4.78, 5) is 24.4. The van der Waals surface area contributed by atoms with Crippen LogP contribution in [0.15, 0.2) is 30.3 Å². The highest BCUT2D eigenvalue weighted by Gasteiger charge is 2.49. The minimum atomic E-state index is -1.93. The number of hydrogen-bond donors (Lipinski definition) is 4. The van der Waals surface area contributed by atoms with Crippen molar-refractivity contribution < 1.29 is 24.9 Å². The van der Waals surface area contributed by atoms with E-state index < -0.39 is 36.1 Å². The quantitative estimate of drug-likeness (QED) is 0.356. The van der Waals surface area contributed by atoms with Gasteiger partial charge in [-0.25, -0.2) is 0 Å². The summed E-state index contributed by atoms with van der Waals surface area (Å²) in [6.07, 6.45) is 3.19. The fourth-order valence-electron chi connectivity index (χ4n) is 4.11. The fraction of sp³-hybridized carbons (Fsp3) is 0.619. The molecule has 1 aliphatic rings. The zero-order chi connectivity index (χ0) is 19.9. The van der Waals surface area contributed by atoms with Crippen molar-refractivity contribution in [1.29, 1.82) is 0 Å². The lowest BCUT2D eigenvalue weighted by Gasteiger charge is -2.37. The molecule has 1 saturated carbocycles. The molecule has 0 bridgehead atoms. The molecule has 0 heterocycles. The molecule has 2 rings (SSSR count). The number of carbonyl (C=O) groups excluding carboxylic acids is 2. The number of aliphatic hydroxyl groups is 3. The minimum absolute atomic E-state index is 0.106. The van der Waals surface area contributed by atoms with Gasteiger partial charge in [0.15, 0.2) is 5.78 Å². The molecule has 27 heavy (non-hydrogen) atoms. The standard InChI is InChI=1S/C21H31NO5/c22-17(11-15-7-3-1-4-8-15)19(26)20(27)21(14-24,18(25)13-23)12-16-9-5-2-6-10-16/h2,5-6,9-10,14-15,17,19-20,23,26-27H,1,3-4,7-8,11-13,22H2/t17-,19+,20-,21+/m0/s1. The first-order chi connectivity index (χ1) is 12.9. The van der Waals surface area contributed by atoms with E-state index in [-0.39, 0.29) is 6.42 Å². The van der Waals surface area contributed by atoms with E-state index in [1.54, 1.807) is 30.3 Å². The van der Waals surface area contributed by atoms with Crippen LogP contribution in [-0.4, -0.2) is 52.2 Å². The van der Waals surface area contributed by atoms with Crippen LogP contribution in [0.1, 0.15) is 44.1 Å². The van der Waals surface area contributed by atoms with Gasteiger partial charge in [-0.3, -0.25) is 4.79 Å². The van der Waals surface area contributed by atoms with Crippen LogP contribution in [0.2, 0.25) is 0 Å². The third-order valence-corrected chi connectivity index (χ3v) is 5.83. The highest BCUT2D eigenvalue weighted by molar-refractivity contribution is 6.00. The van der Waals surface area contributed by atoms with E-state index in [1.807, 2.05) is 0 Å². The van der Waals surface area contributed by atoms with Crippen molar-refractivity contribution in [2.45, 2.75) is 63.2 Å². The predicted octanol–water partition coefficient (Wildman–Crippen LogP) is 0.995. The second-order valence-corrected chi connectivity index (χ2v) is 7.74. The molecule has 1 aliphatic carbocycles. The van der Waals surface area contributed by atoms with Crippen molar-refractivity contribution >= 4 is 12.1 Å². The van der Waals surface area contributed by atoms with Crippen molar-refractivity contribution in [2.75, 3.05) is 6.61 Å². The highest BCUT2D eigenvalue weighted by atomic mass is 16.3. The van der Waals surface area contributed by atoms with Crippen LogP contribution < -0.4 is 5.73 Å². The van der Waals surface area contributed by atoms with E-state index in [1.165, 1.54) is 6.42 Å². The molecule has 4 atom stereocenters. The van der Waals surface area contributed by atoms with Gasteiger partial charge in [0.2, 0.25) is 0 Å². The Labute approximate surface area is 160 Å². The normalized spacial score (nSPS) is 21.0. The molecule has 0 saturated heterocycles. The van der Waals surface area contributed by atoms with Crippen LogP contribution in [0, 0.1) is 11.3 Å². The van der Waals surface area contributed by atoms with E-state index in [0.29, 0.717) is 24.2 Å². The van der Waals surface area contributed by atoms with E-state index in [4.69, 9.17) is 5.73 Å². The summed E-state index contributed by atoms with van der Waals surface area (Å²) in [5.41, 5.74) is 4.86. The highest BCUT2D eigenvalue weighted by Crippen LogP contribution is 2.32. The molecule has 1 aromatic carbocycles. The maximum Gasteiger partial charge on any atom is 0.174 e. The van der Waals surface area contributed by atoms with Crippen LogP contribution in [0.4, 0.5) is 0 Å². The Hall–Kier alpha value is -1.60. The molecule has 0 aromatic heterocycles. The van der Waals surface area contributed by atoms with Crippen molar-refractivity contribution in [3.05, 3.63) is 35.9 Å². The van der Waals surface area contributed by atoms with Gasteiger partial charge in [-0.1, -0.05) is 62.4 Å². The van der Waals surface area contributed by atoms with Gasteiger partial charge in [0.1, 0.15) is 24.4 Å². The Morgan fingerprint density at radius 1 is 1.19 bits per heavy atom. The monoisotopic (exact) mass is 377 g/mol. The van der Waals surface area contributed by atoms with Gasteiger partial charge < -0.3 is 25.8 Å². The number of Topliss-reactive ketones (excluding diaryl/α,β-unsaturated/α-hetero) is 1. The molecular formula is C21H31NO5. The van der Waals surface area contributed by atoms with Gasteiger partial charge in [-0.05, 0) is 24.3 Å². The van der Waals surface area contributed by atoms with E-state index in [0.717, 1.165) is 25.7 Å². The second kappa shape index (κ2) is 10.1. The molecule has 1 fully saturated rings. The first-order valence-corrected chi connectivity index (χ1v) is 9.70. The number of benzene rings is 1. The van der Waals surface area contributed by atoms with Crippen molar-refractivity contribution in [3.63, 3.8) is 0 Å². The number of nitrogens with two attached hydrogens (primary N) is 1. The summed E-state index contributed by atoms with van der Waals surface area (Å²) in [6.45, 7) is -0.896. The Balaban J connectivity index is 2.19. The fourth-order valence-corrected chi connectivity index (χ4v) is 4.11. The van der Waals surface area contributed by atoms with Crippen LogP contribution in [0.25, 0.3) is 0 Å². The van der Waals surface area contributed by atoms with Crippen LogP contribution in [0.3, 0.4) is 0 Å². The number of hydrogen-bond acceptors (Lipinski definition) is 6. The summed E-state index contributed by atoms with van der Waals surface area (Å²) in [6, 6.07) is 8.02. The van der Waals surface area contributed by atoms with Gasteiger partial charge in [0.05, 0.1) is 6.10 Å². The van der Waals surface area contributed by atoms with Crippen LogP contribution in [0.5, 0.6) is 0 Å². The molecule has 5 N–H and O–H groups in total. The van der Waals surface area contributed by atoms with E-state index >= 15 is 0 Å². The van der Waals surface area contributed by atoms with E-state index in [9.17, 15) is 24.9 Å². The number of rotatable bonds is 10. The molecule has 1 aromatic rings. The third kappa shape index (κ3) is 5.23.